The van der Waals surface area contributed by atoms with Crippen molar-refractivity contribution in [2.75, 3.05) is 26.2 Å². The topological polar surface area (TPSA) is 69.6 Å². The lowest BCUT2D eigenvalue weighted by molar-refractivity contribution is -0.138. The van der Waals surface area contributed by atoms with Gasteiger partial charge in [-0.1, -0.05) is 12.1 Å². The van der Waals surface area contributed by atoms with Crippen LogP contribution in [-0.4, -0.2) is 48.1 Å². The van der Waals surface area contributed by atoms with Crippen molar-refractivity contribution in [3.8, 4) is 0 Å². The van der Waals surface area contributed by atoms with Gasteiger partial charge < -0.3 is 15.3 Å². The molecule has 1 heterocycles. The largest absolute Gasteiger partial charge is 0.395 e. The van der Waals surface area contributed by atoms with Gasteiger partial charge in [-0.15, -0.1) is 0 Å². The van der Waals surface area contributed by atoms with Crippen LogP contribution in [0.15, 0.2) is 24.3 Å². The molecular formula is C16H21FN2O3. The van der Waals surface area contributed by atoms with E-state index < -0.39 is 0 Å². The molecule has 0 bridgehead atoms. The highest BCUT2D eigenvalue weighted by Crippen LogP contribution is 2.18. The van der Waals surface area contributed by atoms with Crippen LogP contribution < -0.4 is 5.32 Å². The quantitative estimate of drug-likeness (QED) is 0.813. The molecule has 1 atom stereocenters. The van der Waals surface area contributed by atoms with Gasteiger partial charge in [-0.3, -0.25) is 9.59 Å². The number of aliphatic hydroxyl groups excluding tert-OH is 1. The Bertz CT molecular complexity index is 536. The zero-order valence-electron chi connectivity index (χ0n) is 12.4. The maximum absolute atomic E-state index is 13.1. The molecule has 0 aromatic heterocycles. The number of amides is 2. The molecule has 22 heavy (non-hydrogen) atoms. The first-order valence-corrected chi connectivity index (χ1v) is 7.51. The lowest BCUT2D eigenvalue weighted by Crippen LogP contribution is -2.46. The minimum absolute atomic E-state index is 0.0302. The standard InChI is InChI=1S/C16H21FN2O3/c17-14-3-1-2-12(10-14)6-8-19-11-13(4-5-15(19)21)16(22)18-7-9-20/h1-3,10,13,20H,4-9,11H2,(H,18,22)/t13-/m0/s1. The van der Waals surface area contributed by atoms with Gasteiger partial charge in [-0.05, 0) is 30.5 Å². The molecule has 1 fully saturated rings. The highest BCUT2D eigenvalue weighted by molar-refractivity contribution is 5.83. The van der Waals surface area contributed by atoms with Crippen LogP contribution in [0.25, 0.3) is 0 Å². The van der Waals surface area contributed by atoms with Gasteiger partial charge in [0.2, 0.25) is 11.8 Å². The zero-order valence-corrected chi connectivity index (χ0v) is 12.4. The highest BCUT2D eigenvalue weighted by Gasteiger charge is 2.29. The molecule has 2 rings (SSSR count). The van der Waals surface area contributed by atoms with Crippen LogP contribution in [-0.2, 0) is 16.0 Å². The number of carbonyl (C=O) groups is 2. The molecule has 1 aliphatic rings. The summed E-state index contributed by atoms with van der Waals surface area (Å²) in [6, 6.07) is 6.31. The number of halogens is 1. The molecular weight excluding hydrogens is 287 g/mol. The normalized spacial score (nSPS) is 18.4. The maximum atomic E-state index is 13.1. The van der Waals surface area contributed by atoms with Gasteiger partial charge in [0.25, 0.3) is 0 Å². The minimum Gasteiger partial charge on any atom is -0.395 e. The number of rotatable bonds is 6. The highest BCUT2D eigenvalue weighted by atomic mass is 19.1. The summed E-state index contributed by atoms with van der Waals surface area (Å²) in [4.78, 5) is 25.5. The molecule has 120 valence electrons. The maximum Gasteiger partial charge on any atom is 0.224 e. The second kappa shape index (κ2) is 7.89. The van der Waals surface area contributed by atoms with Gasteiger partial charge in [0.1, 0.15) is 5.82 Å². The van der Waals surface area contributed by atoms with E-state index >= 15 is 0 Å². The second-order valence-electron chi connectivity index (χ2n) is 5.47. The summed E-state index contributed by atoms with van der Waals surface area (Å²) < 4.78 is 13.1. The molecule has 0 spiro atoms. The predicted molar refractivity (Wildman–Crippen MR) is 79.5 cm³/mol. The van der Waals surface area contributed by atoms with Crippen molar-refractivity contribution in [1.82, 2.24) is 10.2 Å². The first-order valence-electron chi connectivity index (χ1n) is 7.51. The first kappa shape index (κ1) is 16.4. The third-order valence-corrected chi connectivity index (χ3v) is 3.84. The van der Waals surface area contributed by atoms with Gasteiger partial charge in [-0.2, -0.15) is 0 Å². The number of piperidine rings is 1. The summed E-state index contributed by atoms with van der Waals surface area (Å²) in [7, 11) is 0. The molecule has 0 unspecified atom stereocenters. The monoisotopic (exact) mass is 308 g/mol. The number of aliphatic hydroxyl groups is 1. The van der Waals surface area contributed by atoms with Gasteiger partial charge >= 0.3 is 0 Å². The Morgan fingerprint density at radius 3 is 3.00 bits per heavy atom. The summed E-state index contributed by atoms with van der Waals surface area (Å²) in [6.45, 7) is 0.991. The number of carbonyl (C=O) groups excluding carboxylic acids is 2. The average molecular weight is 308 g/mol. The fourth-order valence-electron chi connectivity index (χ4n) is 2.62. The third-order valence-electron chi connectivity index (χ3n) is 3.84. The summed E-state index contributed by atoms with van der Waals surface area (Å²) in [5, 5.41) is 11.4. The smallest absolute Gasteiger partial charge is 0.224 e. The Kier molecular flexibility index (Phi) is 5.89. The SMILES string of the molecule is O=C(NCCO)[C@H]1CCC(=O)N(CCc2cccc(F)c2)C1. The molecule has 1 aliphatic heterocycles. The third kappa shape index (κ3) is 4.53. The van der Waals surface area contributed by atoms with E-state index in [2.05, 4.69) is 5.32 Å². The minimum atomic E-state index is -0.288. The van der Waals surface area contributed by atoms with Crippen LogP contribution in [0.3, 0.4) is 0 Å². The summed E-state index contributed by atoms with van der Waals surface area (Å²) in [6.07, 6.45) is 1.45. The lowest BCUT2D eigenvalue weighted by atomic mass is 9.96. The van der Waals surface area contributed by atoms with E-state index in [1.54, 1.807) is 11.0 Å². The fraction of sp³-hybridized carbons (Fsp3) is 0.500. The zero-order chi connectivity index (χ0) is 15.9. The van der Waals surface area contributed by atoms with Crippen LogP contribution in [0.1, 0.15) is 18.4 Å². The van der Waals surface area contributed by atoms with Gasteiger partial charge in [-0.25, -0.2) is 4.39 Å². The molecule has 2 N–H and O–H groups in total. The molecule has 0 radical (unpaired) electrons. The fourth-order valence-corrected chi connectivity index (χ4v) is 2.62. The van der Waals surface area contributed by atoms with Crippen LogP contribution in [0.4, 0.5) is 4.39 Å². The Labute approximate surface area is 129 Å². The number of hydrogen-bond acceptors (Lipinski definition) is 3. The summed E-state index contributed by atoms with van der Waals surface area (Å²) >= 11 is 0. The molecule has 1 saturated heterocycles. The van der Waals surface area contributed by atoms with Crippen molar-refractivity contribution in [2.45, 2.75) is 19.3 Å². The average Bonchev–Trinajstić information content (AvgIpc) is 2.52. The van der Waals surface area contributed by atoms with Crippen LogP contribution in [0, 0.1) is 11.7 Å². The van der Waals surface area contributed by atoms with Crippen molar-refractivity contribution in [3.63, 3.8) is 0 Å². The number of likely N-dealkylation sites (tertiary alicyclic amines) is 1. The van der Waals surface area contributed by atoms with Crippen molar-refractivity contribution in [3.05, 3.63) is 35.6 Å². The number of nitrogens with zero attached hydrogens (tertiary/aromatic N) is 1. The molecule has 5 nitrogen and oxygen atoms in total. The van der Waals surface area contributed by atoms with E-state index in [-0.39, 0.29) is 36.7 Å². The first-order chi connectivity index (χ1) is 10.6. The number of benzene rings is 1. The molecule has 1 aromatic carbocycles. The van der Waals surface area contributed by atoms with Crippen molar-refractivity contribution in [1.29, 1.82) is 0 Å². The lowest BCUT2D eigenvalue weighted by Gasteiger charge is -2.32. The Hall–Kier alpha value is -1.95. The molecule has 6 heteroatoms. The molecule has 0 saturated carbocycles. The van der Waals surface area contributed by atoms with Gasteiger partial charge in [0.05, 0.1) is 12.5 Å². The van der Waals surface area contributed by atoms with E-state index in [4.69, 9.17) is 5.11 Å². The summed E-state index contributed by atoms with van der Waals surface area (Å²) in [5.41, 5.74) is 0.833. The van der Waals surface area contributed by atoms with E-state index in [1.165, 1.54) is 12.1 Å². The van der Waals surface area contributed by atoms with Crippen molar-refractivity contribution >= 4 is 11.8 Å². The van der Waals surface area contributed by atoms with E-state index in [1.807, 2.05) is 6.07 Å². The summed E-state index contributed by atoms with van der Waals surface area (Å²) in [5.74, 6) is -0.625. The second-order valence-corrected chi connectivity index (χ2v) is 5.47. The predicted octanol–water partition coefficient (Wildman–Crippen LogP) is 0.715. The van der Waals surface area contributed by atoms with E-state index in [9.17, 15) is 14.0 Å². The molecule has 2 amide bonds. The van der Waals surface area contributed by atoms with Gasteiger partial charge in [0.15, 0.2) is 0 Å². The van der Waals surface area contributed by atoms with Crippen LogP contribution >= 0.6 is 0 Å². The van der Waals surface area contributed by atoms with E-state index in [0.29, 0.717) is 32.4 Å². The van der Waals surface area contributed by atoms with Crippen molar-refractivity contribution in [2.24, 2.45) is 5.92 Å². The Morgan fingerprint density at radius 1 is 1.45 bits per heavy atom. The van der Waals surface area contributed by atoms with Crippen molar-refractivity contribution < 1.29 is 19.1 Å². The Balaban J connectivity index is 1.88. The van der Waals surface area contributed by atoms with Crippen LogP contribution in [0.5, 0.6) is 0 Å². The number of hydrogen-bond donors (Lipinski definition) is 2. The van der Waals surface area contributed by atoms with Gasteiger partial charge in [0, 0.05) is 26.1 Å². The molecule has 0 aliphatic carbocycles. The molecule has 1 aromatic rings. The van der Waals surface area contributed by atoms with E-state index in [0.717, 1.165) is 5.56 Å². The van der Waals surface area contributed by atoms with Crippen LogP contribution in [0.2, 0.25) is 0 Å². The Morgan fingerprint density at radius 2 is 2.27 bits per heavy atom. The number of nitrogens with one attached hydrogen (secondary N) is 1.